The Balaban J connectivity index is 0.000000245. The van der Waals surface area contributed by atoms with E-state index in [1.54, 1.807) is 0 Å². The fourth-order valence-corrected chi connectivity index (χ4v) is 5.57. The van der Waals surface area contributed by atoms with E-state index in [1.807, 2.05) is 72.8 Å². The van der Waals surface area contributed by atoms with Gasteiger partial charge in [-0.25, -0.2) is 9.59 Å². The van der Waals surface area contributed by atoms with Gasteiger partial charge in [0.05, 0.1) is 30.4 Å². The van der Waals surface area contributed by atoms with Gasteiger partial charge in [-0.15, -0.1) is 0 Å². The maximum atomic E-state index is 11.6. The third kappa shape index (κ3) is 16.5. The third-order valence-electron chi connectivity index (χ3n) is 9.17. The summed E-state index contributed by atoms with van der Waals surface area (Å²) in [6, 6.07) is 41.9. The number of aromatic carboxylic acids is 1. The van der Waals surface area contributed by atoms with Crippen molar-refractivity contribution in [2.24, 2.45) is 0 Å². The number of benzene rings is 5. The maximum absolute atomic E-state index is 11.6. The summed E-state index contributed by atoms with van der Waals surface area (Å²) in [6.45, 7) is 14.9. The molecule has 5 rings (SSSR count). The molecular weight excluding hydrogens is 773 g/mol. The molecule has 0 fully saturated rings. The van der Waals surface area contributed by atoms with E-state index in [4.69, 9.17) is 19.3 Å². The molecule has 0 aromatic heterocycles. The van der Waals surface area contributed by atoms with E-state index in [9.17, 15) is 29.1 Å². The van der Waals surface area contributed by atoms with Gasteiger partial charge >= 0.3 is 11.9 Å². The molecule has 316 valence electrons. The van der Waals surface area contributed by atoms with Gasteiger partial charge in [0.15, 0.2) is 17.3 Å². The van der Waals surface area contributed by atoms with Crippen LogP contribution in [-0.4, -0.2) is 65.4 Å². The summed E-state index contributed by atoms with van der Waals surface area (Å²) in [5.74, 6) is -0.944. The highest BCUT2D eigenvalue weighted by Gasteiger charge is 2.22. The molecule has 5 aromatic carbocycles. The van der Waals surface area contributed by atoms with Gasteiger partial charge in [0.25, 0.3) is 0 Å². The lowest BCUT2D eigenvalue weighted by atomic mass is 9.78. The summed E-state index contributed by atoms with van der Waals surface area (Å²) >= 11 is 0. The Bertz CT molecular complexity index is 2210. The highest BCUT2D eigenvalue weighted by Crippen LogP contribution is 2.32. The molecule has 1 unspecified atom stereocenters. The van der Waals surface area contributed by atoms with E-state index in [1.165, 1.54) is 47.5 Å². The lowest BCUT2D eigenvalue weighted by molar-refractivity contribution is -0.117. The Labute approximate surface area is 357 Å². The fraction of sp³-hybridized carbons (Fsp3) is 0.196. The molecule has 0 saturated carbocycles. The molecule has 10 nitrogen and oxygen atoms in total. The number of allylic oxidation sites excluding steroid dienone is 3. The monoisotopic (exact) mass is 824 g/mol. The second-order valence-corrected chi connectivity index (χ2v) is 13.9. The van der Waals surface area contributed by atoms with E-state index < -0.39 is 18.0 Å². The van der Waals surface area contributed by atoms with Crippen molar-refractivity contribution in [2.45, 2.75) is 44.6 Å². The minimum atomic E-state index is -1.20. The number of aliphatic hydroxyl groups is 1. The van der Waals surface area contributed by atoms with Crippen LogP contribution in [0.3, 0.4) is 0 Å². The lowest BCUT2D eigenvalue weighted by Gasteiger charge is -2.26. The summed E-state index contributed by atoms with van der Waals surface area (Å²) in [7, 11) is 0. The van der Waals surface area contributed by atoms with E-state index in [0.717, 1.165) is 23.0 Å². The number of carbonyl (C=O) groups is 5. The molecular formula is C51H52O10. The molecule has 0 radical (unpaired) electrons. The van der Waals surface area contributed by atoms with Crippen molar-refractivity contribution in [3.63, 3.8) is 0 Å². The molecule has 5 aromatic rings. The van der Waals surface area contributed by atoms with Crippen LogP contribution < -0.4 is 9.47 Å². The Morgan fingerprint density at radius 2 is 1.03 bits per heavy atom. The SMILES string of the molecule is C=CC(=O)CC(O)COc1ccc(-c2ccccc2)cc1.C=CC(=O)CCOC(=O)c1ccccc1C(=O)O.C=CC(=O)CCOc1ccc(C(C)(C)c2ccccc2)cc1. The summed E-state index contributed by atoms with van der Waals surface area (Å²) in [6.07, 6.45) is 3.28. The third-order valence-corrected chi connectivity index (χ3v) is 9.17. The molecule has 61 heavy (non-hydrogen) atoms. The van der Waals surface area contributed by atoms with Gasteiger partial charge in [-0.2, -0.15) is 0 Å². The minimum Gasteiger partial charge on any atom is -0.493 e. The smallest absolute Gasteiger partial charge is 0.339 e. The van der Waals surface area contributed by atoms with Crippen LogP contribution >= 0.6 is 0 Å². The number of aliphatic hydroxyl groups excluding tert-OH is 1. The topological polar surface area (TPSA) is 154 Å². The van der Waals surface area contributed by atoms with Crippen LogP contribution in [-0.2, 0) is 24.5 Å². The molecule has 0 spiro atoms. The first kappa shape index (κ1) is 48.2. The van der Waals surface area contributed by atoms with E-state index in [-0.39, 0.29) is 59.9 Å². The average Bonchev–Trinajstić information content (AvgIpc) is 3.29. The van der Waals surface area contributed by atoms with Crippen molar-refractivity contribution in [1.82, 2.24) is 0 Å². The molecule has 0 bridgehead atoms. The summed E-state index contributed by atoms with van der Waals surface area (Å²) in [5, 5.41) is 18.5. The average molecular weight is 825 g/mol. The first-order chi connectivity index (χ1) is 29.3. The van der Waals surface area contributed by atoms with Crippen LogP contribution in [0.15, 0.2) is 171 Å². The van der Waals surface area contributed by atoms with Gasteiger partial charge in [-0.3, -0.25) is 14.4 Å². The van der Waals surface area contributed by atoms with Gasteiger partial charge < -0.3 is 24.4 Å². The normalized spacial score (nSPS) is 10.8. The number of ether oxygens (including phenoxy) is 3. The van der Waals surface area contributed by atoms with Crippen LogP contribution in [0.2, 0.25) is 0 Å². The Morgan fingerprint density at radius 1 is 0.574 bits per heavy atom. The molecule has 10 heteroatoms. The lowest BCUT2D eigenvalue weighted by Crippen LogP contribution is -2.20. The van der Waals surface area contributed by atoms with E-state index in [0.29, 0.717) is 18.8 Å². The molecule has 2 N–H and O–H groups in total. The van der Waals surface area contributed by atoms with Crippen molar-refractivity contribution < 1.29 is 48.4 Å². The maximum Gasteiger partial charge on any atom is 0.339 e. The Hall–Kier alpha value is -7.17. The van der Waals surface area contributed by atoms with Crippen molar-refractivity contribution in [1.29, 1.82) is 0 Å². The number of carboxylic acids is 1. The summed E-state index contributed by atoms with van der Waals surface area (Å²) in [5.41, 5.74) is 4.53. The quantitative estimate of drug-likeness (QED) is 0.0573. The number of ketones is 3. The van der Waals surface area contributed by atoms with Crippen molar-refractivity contribution in [3.8, 4) is 22.6 Å². The second-order valence-electron chi connectivity index (χ2n) is 13.9. The second kappa shape index (κ2) is 25.3. The molecule has 1 atom stereocenters. The number of rotatable bonds is 20. The molecule has 0 heterocycles. The van der Waals surface area contributed by atoms with Crippen molar-refractivity contribution in [2.75, 3.05) is 19.8 Å². The van der Waals surface area contributed by atoms with Crippen LogP contribution in [0.5, 0.6) is 11.5 Å². The zero-order chi connectivity index (χ0) is 44.6. The summed E-state index contributed by atoms with van der Waals surface area (Å²) < 4.78 is 15.9. The minimum absolute atomic E-state index is 0.00170. The van der Waals surface area contributed by atoms with Gasteiger partial charge in [-0.05, 0) is 76.9 Å². The van der Waals surface area contributed by atoms with Crippen LogP contribution in [0, 0.1) is 0 Å². The van der Waals surface area contributed by atoms with E-state index >= 15 is 0 Å². The van der Waals surface area contributed by atoms with E-state index in [2.05, 4.69) is 70.0 Å². The van der Waals surface area contributed by atoms with Crippen molar-refractivity contribution in [3.05, 3.63) is 194 Å². The predicted molar refractivity (Wildman–Crippen MR) is 237 cm³/mol. The number of carbonyl (C=O) groups excluding carboxylic acids is 4. The number of carboxylic acid groups (broad SMARTS) is 1. The predicted octanol–water partition coefficient (Wildman–Crippen LogP) is 9.46. The van der Waals surface area contributed by atoms with Crippen molar-refractivity contribution >= 4 is 29.3 Å². The molecule has 0 aliphatic carbocycles. The molecule has 0 amide bonds. The zero-order valence-corrected chi connectivity index (χ0v) is 34.5. The highest BCUT2D eigenvalue weighted by molar-refractivity contribution is 6.02. The zero-order valence-electron chi connectivity index (χ0n) is 34.5. The Morgan fingerprint density at radius 3 is 1.59 bits per heavy atom. The largest absolute Gasteiger partial charge is 0.493 e. The number of hydrogen-bond acceptors (Lipinski definition) is 9. The standard InChI is InChI=1S/C20H22O2.C18H18O3.C13H12O5/c1-4-18(21)14-15-22-19-12-10-17(11-13-19)20(2,3)16-8-6-5-7-9-16;1-2-16(19)12-17(20)13-21-18-10-8-15(9-11-18)14-6-4-3-5-7-14;1-2-9(14)7-8-18-13(17)11-6-4-3-5-10(11)12(15)16/h4-13H,1,14-15H2,2-3H3;2-11,17,20H,1,12-13H2;2-6H,1,7-8H2,(H,15,16). The molecule has 0 aliphatic heterocycles. The first-order valence-electron chi connectivity index (χ1n) is 19.5. The molecule has 0 aliphatic rings. The van der Waals surface area contributed by atoms with Crippen LogP contribution in [0.4, 0.5) is 0 Å². The Kier molecular flexibility index (Phi) is 20.0. The number of esters is 1. The molecule has 0 saturated heterocycles. The number of hydrogen-bond donors (Lipinski definition) is 2. The van der Waals surface area contributed by atoms with Gasteiger partial charge in [0.2, 0.25) is 0 Å². The van der Waals surface area contributed by atoms with Gasteiger partial charge in [0.1, 0.15) is 18.1 Å². The first-order valence-corrected chi connectivity index (χ1v) is 19.5. The van der Waals surface area contributed by atoms with Gasteiger partial charge in [0, 0.05) is 24.7 Å². The van der Waals surface area contributed by atoms with Crippen LogP contribution in [0.25, 0.3) is 11.1 Å². The fourth-order valence-electron chi connectivity index (χ4n) is 5.57. The summed E-state index contributed by atoms with van der Waals surface area (Å²) in [4.78, 5) is 55.6. The van der Waals surface area contributed by atoms with Gasteiger partial charge in [-0.1, -0.05) is 131 Å². The highest BCUT2D eigenvalue weighted by atomic mass is 16.5. The van der Waals surface area contributed by atoms with Crippen LogP contribution in [0.1, 0.15) is 65.0 Å².